The third-order valence-corrected chi connectivity index (χ3v) is 9.14. The highest BCUT2D eigenvalue weighted by Crippen LogP contribution is 2.55. The molecule has 0 radical (unpaired) electrons. The summed E-state index contributed by atoms with van der Waals surface area (Å²) in [6.45, 7) is 8.50. The van der Waals surface area contributed by atoms with E-state index in [0.717, 1.165) is 18.1 Å². The molecule has 1 aliphatic carbocycles. The van der Waals surface area contributed by atoms with Crippen molar-refractivity contribution in [1.82, 2.24) is 14.9 Å². The van der Waals surface area contributed by atoms with Crippen molar-refractivity contribution in [3.05, 3.63) is 42.0 Å². The third kappa shape index (κ3) is 6.04. The van der Waals surface area contributed by atoms with Crippen molar-refractivity contribution in [2.24, 2.45) is 0 Å². The van der Waals surface area contributed by atoms with E-state index in [1.807, 2.05) is 0 Å². The zero-order valence-corrected chi connectivity index (χ0v) is 27.2. The number of hydrogen-bond donors (Lipinski definition) is 1. The number of ether oxygens (including phenoxy) is 2. The zero-order chi connectivity index (χ0) is 33.8. The van der Waals surface area contributed by atoms with Gasteiger partial charge in [-0.1, -0.05) is 6.42 Å². The van der Waals surface area contributed by atoms with Crippen molar-refractivity contribution in [3.8, 4) is 17.0 Å². The number of pyridine rings is 2. The number of fused-ring (bicyclic) bond motifs is 4. The lowest BCUT2D eigenvalue weighted by Crippen LogP contribution is -2.43. The van der Waals surface area contributed by atoms with Gasteiger partial charge in [0, 0.05) is 47.4 Å². The summed E-state index contributed by atoms with van der Waals surface area (Å²) in [6, 6.07) is 3.59. The van der Waals surface area contributed by atoms with Crippen LogP contribution in [0.15, 0.2) is 30.6 Å². The summed E-state index contributed by atoms with van der Waals surface area (Å²) in [5.74, 6) is -4.90. The van der Waals surface area contributed by atoms with E-state index in [1.165, 1.54) is 23.2 Å². The Morgan fingerprint density at radius 2 is 1.85 bits per heavy atom. The molecule has 248 valence electrons. The number of nitrogens with zero attached hydrogens (tertiary/aromatic N) is 4. The molecule has 0 bridgehead atoms. The van der Waals surface area contributed by atoms with Crippen LogP contribution in [0.1, 0.15) is 59.4 Å². The van der Waals surface area contributed by atoms with E-state index in [1.54, 1.807) is 57.5 Å². The summed E-state index contributed by atoms with van der Waals surface area (Å²) >= 11 is 0. The van der Waals surface area contributed by atoms with Gasteiger partial charge in [0.2, 0.25) is 11.8 Å². The topological polar surface area (TPSA) is 131 Å². The molecule has 3 aromatic rings. The van der Waals surface area contributed by atoms with E-state index in [2.05, 4.69) is 9.97 Å². The Kier molecular flexibility index (Phi) is 8.60. The van der Waals surface area contributed by atoms with Gasteiger partial charge in [-0.15, -0.1) is 0 Å². The van der Waals surface area contributed by atoms with Crippen LogP contribution in [0.25, 0.3) is 22.0 Å². The molecule has 0 unspecified atom stereocenters. The average molecular weight is 664 g/mol. The number of carbonyl (C=O) groups is 2. The largest absolute Gasteiger partial charge is 0.474 e. The van der Waals surface area contributed by atoms with Crippen LogP contribution in [0.3, 0.4) is 0 Å². The van der Waals surface area contributed by atoms with Crippen molar-refractivity contribution < 1.29 is 40.7 Å². The first-order valence-electron chi connectivity index (χ1n) is 14.8. The van der Waals surface area contributed by atoms with E-state index >= 15 is 4.39 Å². The number of nitrogens with one attached hydrogen (secondary N) is 1. The number of rotatable bonds is 9. The van der Waals surface area contributed by atoms with Crippen molar-refractivity contribution in [2.45, 2.75) is 76.7 Å². The molecule has 2 aromatic heterocycles. The molecule has 2 aliphatic rings. The molecular weight excluding hydrogens is 627 g/mol. The number of sulfonamides is 1. The van der Waals surface area contributed by atoms with Crippen LogP contribution in [0.4, 0.5) is 29.3 Å². The second-order valence-electron chi connectivity index (χ2n) is 12.8. The van der Waals surface area contributed by atoms with E-state index in [9.17, 15) is 26.8 Å². The fraction of sp³-hybridized carbons (Fsp3) is 0.484. The maximum atomic E-state index is 15.6. The van der Waals surface area contributed by atoms with Crippen LogP contribution in [-0.2, 0) is 25.0 Å². The van der Waals surface area contributed by atoms with Gasteiger partial charge in [0.25, 0.3) is 10.0 Å². The minimum Gasteiger partial charge on any atom is -0.474 e. The lowest BCUT2D eigenvalue weighted by molar-refractivity contribution is -0.125. The lowest BCUT2D eigenvalue weighted by Gasteiger charge is -2.37. The number of alkyl halides is 2. The maximum absolute atomic E-state index is 15.6. The van der Waals surface area contributed by atoms with Crippen LogP contribution in [0.5, 0.6) is 5.88 Å². The predicted molar refractivity (Wildman–Crippen MR) is 166 cm³/mol. The molecule has 1 fully saturated rings. The van der Waals surface area contributed by atoms with Crippen molar-refractivity contribution in [1.29, 1.82) is 0 Å². The summed E-state index contributed by atoms with van der Waals surface area (Å²) in [6.07, 6.45) is 4.32. The first kappa shape index (κ1) is 33.2. The summed E-state index contributed by atoms with van der Waals surface area (Å²) in [5.41, 5.74) is -0.153. The molecule has 0 saturated heterocycles. The predicted octanol–water partition coefficient (Wildman–Crippen LogP) is 5.82. The van der Waals surface area contributed by atoms with Gasteiger partial charge in [-0.05, 0) is 59.6 Å². The van der Waals surface area contributed by atoms with Gasteiger partial charge in [-0.2, -0.15) is 8.78 Å². The van der Waals surface area contributed by atoms with E-state index in [4.69, 9.17) is 9.47 Å². The summed E-state index contributed by atoms with van der Waals surface area (Å²) in [7, 11) is -3.50. The summed E-state index contributed by atoms with van der Waals surface area (Å²) in [4.78, 5) is 37.3. The molecule has 15 heteroatoms. The molecule has 1 aliphatic heterocycles. The number of likely N-dealkylation sites (N-methyl/N-ethyl adjacent to an activating group) is 1. The first-order valence-corrected chi connectivity index (χ1v) is 16.3. The second kappa shape index (κ2) is 11.9. The van der Waals surface area contributed by atoms with Gasteiger partial charge >= 0.3 is 11.9 Å². The highest BCUT2D eigenvalue weighted by atomic mass is 32.2. The molecule has 1 spiro atoms. The monoisotopic (exact) mass is 663 g/mol. The second-order valence-corrected chi connectivity index (χ2v) is 14.4. The highest BCUT2D eigenvalue weighted by Gasteiger charge is 2.54. The quantitative estimate of drug-likeness (QED) is 0.303. The Morgan fingerprint density at radius 1 is 1.15 bits per heavy atom. The number of aromatic nitrogens is 2. The molecule has 1 saturated carbocycles. The highest BCUT2D eigenvalue weighted by molar-refractivity contribution is 7.93. The molecule has 46 heavy (non-hydrogen) atoms. The number of amides is 2. The van der Waals surface area contributed by atoms with Crippen LogP contribution in [0.2, 0.25) is 0 Å². The standard InChI is InChI=1S/C31H36F3N5O6S/c1-17(2)39(29(41)45-30(3,4)5)10-11-44-26-23(37-46(42,43)28(33)34)12-18(15-36-26)19-13-20-22(14-21(19)32)35-16-24-25(20)31(8-7-9-31)27(40)38(24)6/h12-17,28,37H,7-11H2,1-6H3. The normalized spacial score (nSPS) is 15.8. The van der Waals surface area contributed by atoms with Gasteiger partial charge in [-0.25, -0.2) is 22.6 Å². The van der Waals surface area contributed by atoms with E-state index in [-0.39, 0.29) is 42.1 Å². The lowest BCUT2D eigenvalue weighted by atomic mass is 9.64. The van der Waals surface area contributed by atoms with E-state index in [0.29, 0.717) is 29.4 Å². The number of halogens is 3. The molecule has 1 aromatic carbocycles. The Balaban J connectivity index is 1.51. The van der Waals surface area contributed by atoms with E-state index < -0.39 is 44.4 Å². The Hall–Kier alpha value is -4.14. The van der Waals surface area contributed by atoms with Gasteiger partial charge in [-0.3, -0.25) is 14.5 Å². The fourth-order valence-corrected chi connectivity index (χ4v) is 6.36. The van der Waals surface area contributed by atoms with Crippen molar-refractivity contribution in [3.63, 3.8) is 0 Å². The molecule has 2 amide bonds. The molecule has 0 atom stereocenters. The summed E-state index contributed by atoms with van der Waals surface area (Å²) in [5, 5.41) is 0.553. The van der Waals surface area contributed by atoms with Crippen molar-refractivity contribution >= 4 is 44.3 Å². The molecular formula is C31H36F3N5O6S. The number of anilines is 2. The van der Waals surface area contributed by atoms with Crippen molar-refractivity contribution in [2.75, 3.05) is 29.8 Å². The Labute approximate surface area is 265 Å². The van der Waals surface area contributed by atoms with Gasteiger partial charge in [0.05, 0.1) is 29.4 Å². The average Bonchev–Trinajstić information content (AvgIpc) is 3.16. The van der Waals surface area contributed by atoms with Crippen LogP contribution < -0.4 is 14.4 Å². The minimum absolute atomic E-state index is 0.00335. The third-order valence-electron chi connectivity index (χ3n) is 8.17. The molecule has 1 N–H and O–H groups in total. The fourth-order valence-electron chi connectivity index (χ4n) is 5.82. The maximum Gasteiger partial charge on any atom is 0.410 e. The number of benzene rings is 1. The molecule has 3 heterocycles. The Morgan fingerprint density at radius 3 is 2.43 bits per heavy atom. The first-order chi connectivity index (χ1) is 21.4. The smallest absolute Gasteiger partial charge is 0.410 e. The zero-order valence-electron chi connectivity index (χ0n) is 26.4. The number of carbonyl (C=O) groups excluding carboxylic acids is 2. The van der Waals surface area contributed by atoms with Crippen LogP contribution in [-0.4, -0.2) is 72.9 Å². The summed E-state index contributed by atoms with van der Waals surface area (Å²) < 4.78 is 79.7. The van der Waals surface area contributed by atoms with Gasteiger partial charge < -0.3 is 19.3 Å². The van der Waals surface area contributed by atoms with Gasteiger partial charge in [0.1, 0.15) is 23.7 Å². The minimum atomic E-state index is -5.17. The van der Waals surface area contributed by atoms with Crippen LogP contribution >= 0.6 is 0 Å². The molecule has 5 rings (SSSR count). The Bertz CT molecular complexity index is 1810. The SMILES string of the molecule is CC(C)N(CCOc1ncc(-c2cc3c4c(cnc3cc2F)N(C)C(=O)C42CCC2)cc1NS(=O)(=O)C(F)F)C(=O)OC(C)(C)C. The molecule has 11 nitrogen and oxygen atoms in total. The van der Waals surface area contributed by atoms with Crippen LogP contribution in [0, 0.1) is 5.82 Å². The number of hydrogen-bond acceptors (Lipinski definition) is 8. The van der Waals surface area contributed by atoms with Gasteiger partial charge in [0.15, 0.2) is 0 Å².